The summed E-state index contributed by atoms with van der Waals surface area (Å²) in [6.07, 6.45) is -4.27. The Kier molecular flexibility index (Phi) is 5.28. The number of amides is 1. The smallest absolute Gasteiger partial charge is 0.393 e. The fourth-order valence-electron chi connectivity index (χ4n) is 2.42. The van der Waals surface area contributed by atoms with Crippen LogP contribution in [0.3, 0.4) is 0 Å². The first-order valence-electron chi connectivity index (χ1n) is 7.06. The molecule has 0 bridgehead atoms. The number of nitrogens with zero attached hydrogens (tertiary/aromatic N) is 1. The summed E-state index contributed by atoms with van der Waals surface area (Å²) in [5.74, 6) is -3.41. The molecule has 1 N–H and O–H groups in total. The van der Waals surface area contributed by atoms with Crippen molar-refractivity contribution < 1.29 is 27.9 Å². The molecule has 0 saturated carbocycles. The molecule has 0 radical (unpaired) electrons. The number of aliphatic carboxylic acids is 1. The SMILES string of the molecule is CC(C)C(C)(CC(=O)N1CCCC(C(F)(F)F)C1)C(=O)O. The molecule has 2 unspecified atom stereocenters. The average Bonchev–Trinajstić information content (AvgIpc) is 2.37. The van der Waals surface area contributed by atoms with Crippen LogP contribution in [0.2, 0.25) is 0 Å². The minimum absolute atomic E-state index is 0.0215. The Morgan fingerprint density at radius 2 is 1.90 bits per heavy atom. The number of carbonyl (C=O) groups excluding carboxylic acids is 1. The Bertz CT molecular complexity index is 409. The molecule has 1 amide bonds. The summed E-state index contributed by atoms with van der Waals surface area (Å²) >= 11 is 0. The van der Waals surface area contributed by atoms with Crippen molar-refractivity contribution >= 4 is 11.9 Å². The molecule has 0 aromatic rings. The topological polar surface area (TPSA) is 57.6 Å². The predicted molar refractivity (Wildman–Crippen MR) is 70.6 cm³/mol. The molecule has 1 rings (SSSR count). The van der Waals surface area contributed by atoms with Crippen LogP contribution in [-0.2, 0) is 9.59 Å². The van der Waals surface area contributed by atoms with Crippen molar-refractivity contribution in [2.75, 3.05) is 13.1 Å². The molecule has 0 aromatic carbocycles. The van der Waals surface area contributed by atoms with E-state index < -0.39 is 29.4 Å². The average molecular weight is 309 g/mol. The summed E-state index contributed by atoms with van der Waals surface area (Å²) in [5, 5.41) is 9.28. The Hall–Kier alpha value is -1.27. The van der Waals surface area contributed by atoms with Gasteiger partial charge in [-0.1, -0.05) is 13.8 Å². The van der Waals surface area contributed by atoms with E-state index in [1.807, 2.05) is 0 Å². The number of hydrogen-bond donors (Lipinski definition) is 1. The van der Waals surface area contributed by atoms with E-state index in [0.29, 0.717) is 6.42 Å². The highest BCUT2D eigenvalue weighted by Gasteiger charge is 2.45. The van der Waals surface area contributed by atoms with Crippen LogP contribution in [0.5, 0.6) is 0 Å². The van der Waals surface area contributed by atoms with Crippen LogP contribution in [0.1, 0.15) is 40.0 Å². The maximum absolute atomic E-state index is 12.7. The first-order chi connectivity index (χ1) is 9.48. The molecule has 1 saturated heterocycles. The maximum Gasteiger partial charge on any atom is 0.393 e. The third kappa shape index (κ3) is 4.11. The summed E-state index contributed by atoms with van der Waals surface area (Å²) in [7, 11) is 0. The van der Waals surface area contributed by atoms with Gasteiger partial charge >= 0.3 is 12.1 Å². The lowest BCUT2D eigenvalue weighted by atomic mass is 9.76. The summed E-state index contributed by atoms with van der Waals surface area (Å²) in [4.78, 5) is 24.7. The van der Waals surface area contributed by atoms with Gasteiger partial charge in [0.1, 0.15) is 0 Å². The van der Waals surface area contributed by atoms with Crippen LogP contribution in [-0.4, -0.2) is 41.1 Å². The maximum atomic E-state index is 12.7. The van der Waals surface area contributed by atoms with Gasteiger partial charge in [0.15, 0.2) is 0 Å². The first kappa shape index (κ1) is 17.8. The molecule has 0 spiro atoms. The molecule has 21 heavy (non-hydrogen) atoms. The van der Waals surface area contributed by atoms with Crippen LogP contribution >= 0.6 is 0 Å². The van der Waals surface area contributed by atoms with Crippen molar-refractivity contribution in [3.8, 4) is 0 Å². The zero-order valence-corrected chi connectivity index (χ0v) is 12.5. The van der Waals surface area contributed by atoms with Crippen LogP contribution < -0.4 is 0 Å². The molecular weight excluding hydrogens is 287 g/mol. The number of halogens is 3. The Morgan fingerprint density at radius 1 is 1.33 bits per heavy atom. The lowest BCUT2D eigenvalue weighted by Gasteiger charge is -2.36. The number of carbonyl (C=O) groups is 2. The fourth-order valence-corrected chi connectivity index (χ4v) is 2.42. The van der Waals surface area contributed by atoms with Crippen LogP contribution in [0.25, 0.3) is 0 Å². The van der Waals surface area contributed by atoms with Gasteiger partial charge in [0.25, 0.3) is 0 Å². The Labute approximate surface area is 122 Å². The molecule has 0 aromatic heterocycles. The third-order valence-corrected chi connectivity index (χ3v) is 4.52. The number of rotatable bonds is 4. The molecule has 7 heteroatoms. The minimum Gasteiger partial charge on any atom is -0.481 e. The van der Waals surface area contributed by atoms with E-state index >= 15 is 0 Å². The molecule has 1 fully saturated rings. The molecule has 122 valence electrons. The molecule has 1 aliphatic rings. The molecular formula is C14H22F3NO3. The van der Waals surface area contributed by atoms with Crippen LogP contribution in [0.4, 0.5) is 13.2 Å². The second-order valence-electron chi connectivity index (χ2n) is 6.27. The van der Waals surface area contributed by atoms with Gasteiger partial charge in [0.05, 0.1) is 11.3 Å². The highest BCUT2D eigenvalue weighted by atomic mass is 19.4. The van der Waals surface area contributed by atoms with Crippen LogP contribution in [0, 0.1) is 17.3 Å². The molecule has 1 heterocycles. The quantitative estimate of drug-likeness (QED) is 0.868. The van der Waals surface area contributed by atoms with Gasteiger partial charge in [-0.15, -0.1) is 0 Å². The van der Waals surface area contributed by atoms with Gasteiger partial charge in [-0.25, -0.2) is 0 Å². The number of likely N-dealkylation sites (tertiary alicyclic amines) is 1. The van der Waals surface area contributed by atoms with E-state index in [4.69, 9.17) is 0 Å². The number of hydrogen-bond acceptors (Lipinski definition) is 2. The van der Waals surface area contributed by atoms with E-state index in [2.05, 4.69) is 0 Å². The number of piperidine rings is 1. The van der Waals surface area contributed by atoms with E-state index in [9.17, 15) is 27.9 Å². The molecule has 0 aliphatic carbocycles. The van der Waals surface area contributed by atoms with E-state index in [1.54, 1.807) is 13.8 Å². The summed E-state index contributed by atoms with van der Waals surface area (Å²) in [5.41, 5.74) is -1.26. The van der Waals surface area contributed by atoms with Gasteiger partial charge < -0.3 is 10.0 Å². The Balaban J connectivity index is 2.77. The third-order valence-electron chi connectivity index (χ3n) is 4.52. The van der Waals surface area contributed by atoms with Crippen molar-refractivity contribution in [1.29, 1.82) is 0 Å². The van der Waals surface area contributed by atoms with Crippen molar-refractivity contribution in [3.05, 3.63) is 0 Å². The minimum atomic E-state index is -4.31. The number of alkyl halides is 3. The van der Waals surface area contributed by atoms with Gasteiger partial charge in [-0.3, -0.25) is 9.59 Å². The summed E-state index contributed by atoms with van der Waals surface area (Å²) < 4.78 is 38.2. The standard InChI is InChI=1S/C14H22F3NO3/c1-9(2)13(3,12(20)21)7-11(19)18-6-4-5-10(8-18)14(15,16)17/h9-10H,4-8H2,1-3H3,(H,20,21). The van der Waals surface area contributed by atoms with Gasteiger partial charge in [-0.05, 0) is 25.7 Å². The lowest BCUT2D eigenvalue weighted by molar-refractivity contribution is -0.189. The van der Waals surface area contributed by atoms with Crippen molar-refractivity contribution in [2.45, 2.75) is 46.2 Å². The second-order valence-corrected chi connectivity index (χ2v) is 6.27. The Morgan fingerprint density at radius 3 is 2.33 bits per heavy atom. The molecule has 1 aliphatic heterocycles. The molecule has 4 nitrogen and oxygen atoms in total. The zero-order chi connectivity index (χ0) is 16.4. The second kappa shape index (κ2) is 6.23. The number of carboxylic acid groups (broad SMARTS) is 1. The van der Waals surface area contributed by atoms with Crippen molar-refractivity contribution in [1.82, 2.24) is 4.90 Å². The van der Waals surface area contributed by atoms with E-state index in [0.717, 1.165) is 4.90 Å². The van der Waals surface area contributed by atoms with Gasteiger partial charge in [0, 0.05) is 19.5 Å². The van der Waals surface area contributed by atoms with Crippen molar-refractivity contribution in [2.24, 2.45) is 17.3 Å². The normalized spacial score (nSPS) is 23.0. The highest BCUT2D eigenvalue weighted by molar-refractivity contribution is 5.85. The fraction of sp³-hybridized carbons (Fsp3) is 0.857. The van der Waals surface area contributed by atoms with Gasteiger partial charge in [0.2, 0.25) is 5.91 Å². The number of carboxylic acids is 1. The zero-order valence-electron chi connectivity index (χ0n) is 12.5. The van der Waals surface area contributed by atoms with E-state index in [1.165, 1.54) is 6.92 Å². The van der Waals surface area contributed by atoms with Gasteiger partial charge in [-0.2, -0.15) is 13.2 Å². The highest BCUT2D eigenvalue weighted by Crippen LogP contribution is 2.36. The monoisotopic (exact) mass is 309 g/mol. The van der Waals surface area contributed by atoms with Crippen LogP contribution in [0.15, 0.2) is 0 Å². The first-order valence-corrected chi connectivity index (χ1v) is 7.06. The summed E-state index contributed by atoms with van der Waals surface area (Å²) in [6.45, 7) is 4.74. The molecule has 2 atom stereocenters. The summed E-state index contributed by atoms with van der Waals surface area (Å²) in [6, 6.07) is 0. The van der Waals surface area contributed by atoms with Crippen molar-refractivity contribution in [3.63, 3.8) is 0 Å². The predicted octanol–water partition coefficient (Wildman–Crippen LogP) is 2.92. The van der Waals surface area contributed by atoms with E-state index in [-0.39, 0.29) is 31.8 Å². The lowest BCUT2D eigenvalue weighted by Crippen LogP contribution is -2.47. The largest absolute Gasteiger partial charge is 0.481 e.